The molecule has 1 atom stereocenters. The third-order valence-electron chi connectivity index (χ3n) is 2.82. The summed E-state index contributed by atoms with van der Waals surface area (Å²) in [6.07, 6.45) is -3.61. The van der Waals surface area contributed by atoms with Crippen molar-refractivity contribution in [2.24, 2.45) is 0 Å². The first kappa shape index (κ1) is 14.6. The van der Waals surface area contributed by atoms with Gasteiger partial charge in [0.1, 0.15) is 0 Å². The minimum Gasteiger partial charge on any atom is -0.618 e. The van der Waals surface area contributed by atoms with Crippen LogP contribution in [-0.4, -0.2) is 30.3 Å². The zero-order valence-electron chi connectivity index (χ0n) is 10.5. The van der Waals surface area contributed by atoms with Crippen LogP contribution in [0.4, 0.5) is 13.2 Å². The van der Waals surface area contributed by atoms with Crippen molar-refractivity contribution in [1.29, 1.82) is 0 Å². The Labute approximate surface area is 103 Å². The molecule has 0 spiro atoms. The molecule has 1 rings (SSSR count). The van der Waals surface area contributed by atoms with E-state index >= 15 is 0 Å². The van der Waals surface area contributed by atoms with E-state index in [4.69, 9.17) is 0 Å². The molecular formula is C11H15F3N2O2. The zero-order valence-corrected chi connectivity index (χ0v) is 10.5. The minimum absolute atomic E-state index is 0.0792. The Morgan fingerprint density at radius 3 is 2.22 bits per heavy atom. The first-order valence-electron chi connectivity index (χ1n) is 5.22. The number of hydrogen-bond donors (Lipinski definition) is 1. The smallest absolute Gasteiger partial charge is 0.414 e. The number of pyridine rings is 1. The van der Waals surface area contributed by atoms with Gasteiger partial charge in [0.05, 0.1) is 0 Å². The number of halogens is 3. The van der Waals surface area contributed by atoms with E-state index in [1.54, 1.807) is 6.92 Å². The van der Waals surface area contributed by atoms with Gasteiger partial charge < -0.3 is 10.3 Å². The molecule has 0 saturated carbocycles. The standard InChI is InChI=1S/C11H15F3N2O2/c1-6-5-16(18)8(9(17)7(6)2)10(15(3)4)11(12,13)14/h5,10,17H,1-4H3. The number of aromatic hydroxyl groups is 1. The first-order chi connectivity index (χ1) is 8.07. The van der Waals surface area contributed by atoms with Crippen molar-refractivity contribution >= 4 is 0 Å². The first-order valence-corrected chi connectivity index (χ1v) is 5.22. The van der Waals surface area contributed by atoms with Crippen LogP contribution in [0.1, 0.15) is 22.9 Å². The van der Waals surface area contributed by atoms with Gasteiger partial charge in [-0.25, -0.2) is 0 Å². The van der Waals surface area contributed by atoms with E-state index in [0.717, 1.165) is 11.1 Å². The number of aromatic nitrogens is 1. The molecular weight excluding hydrogens is 249 g/mol. The number of rotatable bonds is 2. The number of hydrogen-bond acceptors (Lipinski definition) is 3. The molecule has 18 heavy (non-hydrogen) atoms. The average molecular weight is 264 g/mol. The van der Waals surface area contributed by atoms with Crippen molar-refractivity contribution < 1.29 is 23.0 Å². The fraction of sp³-hybridized carbons (Fsp3) is 0.545. The molecule has 0 saturated heterocycles. The topological polar surface area (TPSA) is 50.4 Å². The van der Waals surface area contributed by atoms with Crippen LogP contribution < -0.4 is 4.73 Å². The second kappa shape index (κ2) is 4.64. The molecule has 0 fully saturated rings. The Morgan fingerprint density at radius 2 is 1.83 bits per heavy atom. The SMILES string of the molecule is Cc1c[n+]([O-])c(C(N(C)C)C(F)(F)F)c(O)c1C. The van der Waals surface area contributed by atoms with Crippen LogP contribution in [0.25, 0.3) is 0 Å². The quantitative estimate of drug-likeness (QED) is 0.654. The maximum atomic E-state index is 12.9. The normalized spacial score (nSPS) is 14.0. The molecule has 0 aromatic carbocycles. The Morgan fingerprint density at radius 1 is 1.33 bits per heavy atom. The van der Waals surface area contributed by atoms with Crippen molar-refractivity contribution in [3.8, 4) is 5.75 Å². The van der Waals surface area contributed by atoms with Gasteiger partial charge in [-0.2, -0.15) is 17.9 Å². The summed E-state index contributed by atoms with van der Waals surface area (Å²) >= 11 is 0. The van der Waals surface area contributed by atoms with Crippen LogP contribution in [0.15, 0.2) is 6.20 Å². The van der Waals surface area contributed by atoms with Gasteiger partial charge in [0.2, 0.25) is 0 Å². The lowest BCUT2D eigenvalue weighted by atomic mass is 10.0. The van der Waals surface area contributed by atoms with Crippen molar-refractivity contribution in [2.75, 3.05) is 14.1 Å². The molecule has 1 N–H and O–H groups in total. The van der Waals surface area contributed by atoms with Gasteiger partial charge in [-0.05, 0) is 27.9 Å². The molecule has 0 amide bonds. The monoisotopic (exact) mass is 264 g/mol. The van der Waals surface area contributed by atoms with Crippen LogP contribution in [0.5, 0.6) is 5.75 Å². The molecule has 102 valence electrons. The summed E-state index contributed by atoms with van der Waals surface area (Å²) in [6.45, 7) is 3.02. The highest BCUT2D eigenvalue weighted by Gasteiger charge is 2.49. The summed E-state index contributed by atoms with van der Waals surface area (Å²) in [7, 11) is 2.40. The summed E-state index contributed by atoms with van der Waals surface area (Å²) in [5.41, 5.74) is 0.00901. The van der Waals surface area contributed by atoms with Crippen molar-refractivity contribution in [1.82, 2.24) is 4.90 Å². The van der Waals surface area contributed by atoms with Crippen LogP contribution in [0.2, 0.25) is 0 Å². The number of nitrogens with zero attached hydrogens (tertiary/aromatic N) is 2. The average Bonchev–Trinajstić information content (AvgIpc) is 2.18. The maximum absolute atomic E-state index is 12.9. The van der Waals surface area contributed by atoms with E-state index < -0.39 is 23.7 Å². The molecule has 1 unspecified atom stereocenters. The molecule has 1 aromatic rings. The van der Waals surface area contributed by atoms with E-state index in [-0.39, 0.29) is 10.3 Å². The molecule has 4 nitrogen and oxygen atoms in total. The molecule has 1 heterocycles. The Kier molecular flexibility index (Phi) is 3.75. The van der Waals surface area contributed by atoms with Gasteiger partial charge in [-0.15, -0.1) is 0 Å². The predicted molar refractivity (Wildman–Crippen MR) is 59.0 cm³/mol. The molecule has 0 radical (unpaired) electrons. The predicted octanol–water partition coefficient (Wildman–Crippen LogP) is 1.81. The highest BCUT2D eigenvalue weighted by molar-refractivity contribution is 5.38. The highest BCUT2D eigenvalue weighted by Crippen LogP contribution is 2.39. The summed E-state index contributed by atoms with van der Waals surface area (Å²) in [5.74, 6) is -0.610. The Hall–Kier alpha value is -1.50. The Balaban J connectivity index is 3.52. The van der Waals surface area contributed by atoms with E-state index in [2.05, 4.69) is 0 Å². The molecule has 0 bridgehead atoms. The number of aryl methyl sites for hydroxylation is 1. The van der Waals surface area contributed by atoms with E-state index in [1.807, 2.05) is 0 Å². The van der Waals surface area contributed by atoms with Gasteiger partial charge in [0.15, 0.2) is 18.0 Å². The number of alkyl halides is 3. The molecule has 0 aliphatic rings. The lowest BCUT2D eigenvalue weighted by molar-refractivity contribution is -0.620. The molecule has 7 heteroatoms. The second-order valence-electron chi connectivity index (χ2n) is 4.40. The summed E-state index contributed by atoms with van der Waals surface area (Å²) < 4.78 is 38.9. The molecule has 1 aromatic heterocycles. The minimum atomic E-state index is -4.64. The lowest BCUT2D eigenvalue weighted by Gasteiger charge is -2.26. The Bertz CT molecular complexity index is 459. The van der Waals surface area contributed by atoms with Gasteiger partial charge >= 0.3 is 6.18 Å². The third kappa shape index (κ3) is 2.50. The van der Waals surface area contributed by atoms with Crippen molar-refractivity contribution in [3.05, 3.63) is 28.2 Å². The van der Waals surface area contributed by atoms with Gasteiger partial charge in [0.25, 0.3) is 5.69 Å². The van der Waals surface area contributed by atoms with Crippen LogP contribution in [0.3, 0.4) is 0 Å². The van der Waals surface area contributed by atoms with Crippen LogP contribution in [-0.2, 0) is 0 Å². The van der Waals surface area contributed by atoms with E-state index in [9.17, 15) is 23.5 Å². The fourth-order valence-electron chi connectivity index (χ4n) is 1.77. The second-order valence-corrected chi connectivity index (χ2v) is 4.40. The largest absolute Gasteiger partial charge is 0.618 e. The van der Waals surface area contributed by atoms with Gasteiger partial charge in [-0.1, -0.05) is 0 Å². The van der Waals surface area contributed by atoms with Gasteiger partial charge in [-0.3, -0.25) is 4.90 Å². The lowest BCUT2D eigenvalue weighted by Crippen LogP contribution is -2.43. The summed E-state index contributed by atoms with van der Waals surface area (Å²) in [5, 5.41) is 21.4. The summed E-state index contributed by atoms with van der Waals surface area (Å²) in [6, 6.07) is -2.14. The van der Waals surface area contributed by atoms with Gasteiger partial charge in [0, 0.05) is 11.1 Å². The van der Waals surface area contributed by atoms with Crippen molar-refractivity contribution in [2.45, 2.75) is 26.1 Å². The maximum Gasteiger partial charge on any atom is 0.414 e. The molecule has 0 aliphatic carbocycles. The fourth-order valence-corrected chi connectivity index (χ4v) is 1.77. The van der Waals surface area contributed by atoms with E-state index in [1.165, 1.54) is 21.0 Å². The van der Waals surface area contributed by atoms with Crippen molar-refractivity contribution in [3.63, 3.8) is 0 Å². The van der Waals surface area contributed by atoms with Crippen LogP contribution in [0, 0.1) is 19.1 Å². The zero-order chi connectivity index (χ0) is 14.2. The molecule has 0 aliphatic heterocycles. The van der Waals surface area contributed by atoms with Crippen LogP contribution >= 0.6 is 0 Å². The highest BCUT2D eigenvalue weighted by atomic mass is 19.4. The van der Waals surface area contributed by atoms with E-state index in [0.29, 0.717) is 5.56 Å². The summed E-state index contributed by atoms with van der Waals surface area (Å²) in [4.78, 5) is 0.845. The third-order valence-corrected chi connectivity index (χ3v) is 2.82.